The standard InChI is InChI=1S/C32H38BrN3O5S/c1-3-41-29-18-16-28(17-19-29)36(42(39,40)30-20-14-26(33)15-21-30)23-31(37)35(22-25-10-6-4-7-11-25)24(2)32(38)34-27-12-8-5-9-13-27/h4,6-7,10-11,14-21,24,27H,3,5,8-9,12-13,22-23H2,1-2H3,(H,34,38)/t24-/m1/s1. The minimum Gasteiger partial charge on any atom is -0.494 e. The molecule has 1 fully saturated rings. The highest BCUT2D eigenvalue weighted by molar-refractivity contribution is 9.10. The van der Waals surface area contributed by atoms with Crippen molar-refractivity contribution in [2.24, 2.45) is 0 Å². The Morgan fingerprint density at radius 1 is 0.952 bits per heavy atom. The number of amides is 2. The average molecular weight is 657 g/mol. The SMILES string of the molecule is CCOc1ccc(N(CC(=O)N(Cc2ccccc2)[C@H](C)C(=O)NC2CCCCC2)S(=O)(=O)c2ccc(Br)cc2)cc1. The molecular weight excluding hydrogens is 618 g/mol. The molecule has 0 spiro atoms. The molecule has 1 N–H and O–H groups in total. The van der Waals surface area contributed by atoms with Gasteiger partial charge in [-0.2, -0.15) is 0 Å². The van der Waals surface area contributed by atoms with Gasteiger partial charge in [-0.05, 0) is 80.8 Å². The van der Waals surface area contributed by atoms with Crippen LogP contribution < -0.4 is 14.4 Å². The summed E-state index contributed by atoms with van der Waals surface area (Å²) in [5.74, 6) is -0.137. The molecule has 0 aromatic heterocycles. The van der Waals surface area contributed by atoms with Gasteiger partial charge in [-0.15, -0.1) is 0 Å². The Balaban J connectivity index is 1.66. The van der Waals surface area contributed by atoms with Gasteiger partial charge in [-0.3, -0.25) is 13.9 Å². The Morgan fingerprint density at radius 3 is 2.21 bits per heavy atom. The van der Waals surface area contributed by atoms with Crippen molar-refractivity contribution in [2.45, 2.75) is 69.5 Å². The molecule has 1 saturated carbocycles. The van der Waals surface area contributed by atoms with Crippen LogP contribution in [0, 0.1) is 0 Å². The number of anilines is 1. The highest BCUT2D eigenvalue weighted by Crippen LogP contribution is 2.27. The largest absolute Gasteiger partial charge is 0.494 e. The van der Waals surface area contributed by atoms with E-state index < -0.39 is 28.5 Å². The molecule has 0 aliphatic heterocycles. The van der Waals surface area contributed by atoms with Gasteiger partial charge in [0.2, 0.25) is 11.8 Å². The van der Waals surface area contributed by atoms with Crippen molar-refractivity contribution in [3.8, 4) is 5.75 Å². The molecule has 224 valence electrons. The summed E-state index contributed by atoms with van der Waals surface area (Å²) in [6, 6.07) is 21.5. The van der Waals surface area contributed by atoms with Crippen molar-refractivity contribution in [1.82, 2.24) is 10.2 Å². The second kappa shape index (κ2) is 14.7. The molecule has 42 heavy (non-hydrogen) atoms. The highest BCUT2D eigenvalue weighted by Gasteiger charge is 2.33. The minimum atomic E-state index is -4.14. The molecule has 0 unspecified atom stereocenters. The van der Waals surface area contributed by atoms with E-state index in [0.29, 0.717) is 18.0 Å². The fourth-order valence-corrected chi connectivity index (χ4v) is 6.75. The first kappa shape index (κ1) is 31.6. The lowest BCUT2D eigenvalue weighted by Gasteiger charge is -2.33. The van der Waals surface area contributed by atoms with Crippen molar-refractivity contribution in [1.29, 1.82) is 0 Å². The van der Waals surface area contributed by atoms with E-state index in [-0.39, 0.29) is 23.4 Å². The summed E-state index contributed by atoms with van der Waals surface area (Å²) in [6.45, 7) is 3.70. The van der Waals surface area contributed by atoms with E-state index >= 15 is 0 Å². The van der Waals surface area contributed by atoms with Crippen LogP contribution in [0.4, 0.5) is 5.69 Å². The van der Waals surface area contributed by atoms with Crippen molar-refractivity contribution >= 4 is 43.5 Å². The number of nitrogens with zero attached hydrogens (tertiary/aromatic N) is 2. The Hall–Kier alpha value is -3.37. The van der Waals surface area contributed by atoms with E-state index in [1.165, 1.54) is 17.0 Å². The van der Waals surface area contributed by atoms with Crippen LogP contribution in [0.2, 0.25) is 0 Å². The molecular formula is C32H38BrN3O5S. The summed E-state index contributed by atoms with van der Waals surface area (Å²) in [5.41, 5.74) is 1.15. The van der Waals surface area contributed by atoms with Gasteiger partial charge >= 0.3 is 0 Å². The molecule has 0 heterocycles. The molecule has 0 saturated heterocycles. The van der Waals surface area contributed by atoms with E-state index in [2.05, 4.69) is 21.2 Å². The van der Waals surface area contributed by atoms with Crippen molar-refractivity contribution < 1.29 is 22.7 Å². The predicted molar refractivity (Wildman–Crippen MR) is 168 cm³/mol. The van der Waals surface area contributed by atoms with E-state index in [1.807, 2.05) is 37.3 Å². The monoisotopic (exact) mass is 655 g/mol. The van der Waals surface area contributed by atoms with Gasteiger partial charge in [0, 0.05) is 17.1 Å². The normalized spacial score (nSPS) is 14.5. The maximum absolute atomic E-state index is 14.1. The van der Waals surface area contributed by atoms with Gasteiger partial charge in [0.1, 0.15) is 18.3 Å². The molecule has 8 nitrogen and oxygen atoms in total. The Labute approximate surface area is 257 Å². The van der Waals surface area contributed by atoms with Crippen LogP contribution in [0.15, 0.2) is 88.2 Å². The maximum Gasteiger partial charge on any atom is 0.264 e. The first-order valence-corrected chi connectivity index (χ1v) is 16.6. The summed E-state index contributed by atoms with van der Waals surface area (Å²) in [7, 11) is -4.14. The fourth-order valence-electron chi connectivity index (χ4n) is 5.07. The number of rotatable bonds is 12. The smallest absolute Gasteiger partial charge is 0.264 e. The van der Waals surface area contributed by atoms with Crippen molar-refractivity contribution in [2.75, 3.05) is 17.5 Å². The second-order valence-corrected chi connectivity index (χ2v) is 13.2. The molecule has 1 atom stereocenters. The molecule has 10 heteroatoms. The molecule has 3 aromatic carbocycles. The van der Waals surface area contributed by atoms with Crippen molar-refractivity contribution in [3.05, 3.63) is 88.9 Å². The Morgan fingerprint density at radius 2 is 1.60 bits per heavy atom. The van der Waals surface area contributed by atoms with Gasteiger partial charge in [0.15, 0.2) is 0 Å². The van der Waals surface area contributed by atoms with Crippen LogP contribution in [0.3, 0.4) is 0 Å². The van der Waals surface area contributed by atoms with Gasteiger partial charge in [-0.1, -0.05) is 65.5 Å². The predicted octanol–water partition coefficient (Wildman–Crippen LogP) is 5.91. The summed E-state index contributed by atoms with van der Waals surface area (Å²) >= 11 is 3.35. The number of benzene rings is 3. The molecule has 0 radical (unpaired) electrons. The number of nitrogens with one attached hydrogen (secondary N) is 1. The summed E-state index contributed by atoms with van der Waals surface area (Å²) in [4.78, 5) is 29.0. The van der Waals surface area contributed by atoms with Gasteiger partial charge in [-0.25, -0.2) is 8.42 Å². The maximum atomic E-state index is 14.1. The zero-order valence-electron chi connectivity index (χ0n) is 24.0. The Kier molecular flexibility index (Phi) is 11.0. The number of hydrogen-bond donors (Lipinski definition) is 1. The minimum absolute atomic E-state index is 0.0464. The number of ether oxygens (including phenoxy) is 1. The number of carbonyl (C=O) groups is 2. The topological polar surface area (TPSA) is 96.0 Å². The van der Waals surface area contributed by atoms with Crippen LogP contribution in [-0.4, -0.2) is 50.4 Å². The lowest BCUT2D eigenvalue weighted by atomic mass is 9.95. The van der Waals surface area contributed by atoms with E-state index in [4.69, 9.17) is 4.74 Å². The lowest BCUT2D eigenvalue weighted by molar-refractivity contribution is -0.139. The number of halogens is 1. The number of sulfonamides is 1. The first-order chi connectivity index (χ1) is 20.2. The van der Waals surface area contributed by atoms with Crippen LogP contribution >= 0.6 is 15.9 Å². The van der Waals surface area contributed by atoms with Crippen LogP contribution in [0.25, 0.3) is 0 Å². The highest BCUT2D eigenvalue weighted by atomic mass is 79.9. The van der Waals surface area contributed by atoms with Crippen LogP contribution in [0.5, 0.6) is 5.75 Å². The lowest BCUT2D eigenvalue weighted by Crippen LogP contribution is -2.53. The van der Waals surface area contributed by atoms with E-state index in [9.17, 15) is 18.0 Å². The molecule has 4 rings (SSSR count). The number of carbonyl (C=O) groups excluding carboxylic acids is 2. The number of hydrogen-bond acceptors (Lipinski definition) is 5. The average Bonchev–Trinajstić information content (AvgIpc) is 3.00. The third kappa shape index (κ3) is 8.13. The first-order valence-electron chi connectivity index (χ1n) is 14.3. The second-order valence-electron chi connectivity index (χ2n) is 10.4. The van der Waals surface area contributed by atoms with Gasteiger partial charge in [0.25, 0.3) is 10.0 Å². The summed E-state index contributed by atoms with van der Waals surface area (Å²) < 4.78 is 35.3. The molecule has 1 aliphatic rings. The van der Waals surface area contributed by atoms with Crippen molar-refractivity contribution in [3.63, 3.8) is 0 Å². The summed E-state index contributed by atoms with van der Waals surface area (Å²) in [6.07, 6.45) is 5.13. The van der Waals surface area contributed by atoms with Crippen LogP contribution in [0.1, 0.15) is 51.5 Å². The molecule has 3 aromatic rings. The quantitative estimate of drug-likeness (QED) is 0.262. The van der Waals surface area contributed by atoms with Gasteiger partial charge in [0.05, 0.1) is 17.2 Å². The molecule has 1 aliphatic carbocycles. The zero-order valence-corrected chi connectivity index (χ0v) is 26.4. The van der Waals surface area contributed by atoms with E-state index in [0.717, 1.165) is 46.4 Å². The summed E-state index contributed by atoms with van der Waals surface area (Å²) in [5, 5.41) is 3.12. The fraction of sp³-hybridized carbons (Fsp3) is 0.375. The zero-order chi connectivity index (χ0) is 30.1. The van der Waals surface area contributed by atoms with Crippen LogP contribution in [-0.2, 0) is 26.2 Å². The third-order valence-corrected chi connectivity index (χ3v) is 9.75. The molecule has 2 amide bonds. The van der Waals surface area contributed by atoms with E-state index in [1.54, 1.807) is 43.3 Å². The third-order valence-electron chi connectivity index (χ3n) is 7.43. The molecule has 0 bridgehead atoms. The Bertz CT molecular complexity index is 1430. The van der Waals surface area contributed by atoms with Gasteiger partial charge < -0.3 is 15.0 Å².